The van der Waals surface area contributed by atoms with E-state index in [4.69, 9.17) is 9.47 Å². The Hall–Kier alpha value is -2.57. The number of carbonyl (C=O) groups is 3. The van der Waals surface area contributed by atoms with Gasteiger partial charge in [0.15, 0.2) is 5.78 Å². The van der Waals surface area contributed by atoms with Crippen molar-refractivity contribution in [3.8, 4) is 0 Å². The van der Waals surface area contributed by atoms with E-state index in [9.17, 15) is 14.4 Å². The molecule has 1 aromatic carbocycles. The minimum absolute atomic E-state index is 0.117. The van der Waals surface area contributed by atoms with Crippen molar-refractivity contribution < 1.29 is 23.9 Å². The van der Waals surface area contributed by atoms with Crippen LogP contribution in [0.1, 0.15) is 31.1 Å². The first-order valence-electron chi connectivity index (χ1n) is 6.99. The van der Waals surface area contributed by atoms with Crippen molar-refractivity contribution in [3.05, 3.63) is 35.9 Å². The molecule has 0 aliphatic heterocycles. The number of nitrogens with zero attached hydrogens (tertiary/aromatic N) is 1. The SMILES string of the molecule is CCOC(=O)NN(C(=O)OCC)[C@H](C)C(=O)c1ccccc1. The largest absolute Gasteiger partial charge is 0.449 e. The molecule has 0 bridgehead atoms. The Morgan fingerprint density at radius 2 is 1.68 bits per heavy atom. The van der Waals surface area contributed by atoms with Gasteiger partial charge in [-0.05, 0) is 20.8 Å². The van der Waals surface area contributed by atoms with Crippen LogP contribution in [-0.2, 0) is 9.47 Å². The van der Waals surface area contributed by atoms with Gasteiger partial charge in [0, 0.05) is 5.56 Å². The zero-order chi connectivity index (χ0) is 16.5. The summed E-state index contributed by atoms with van der Waals surface area (Å²) in [7, 11) is 0. The Bertz CT molecular complexity index is 518. The molecule has 0 radical (unpaired) electrons. The van der Waals surface area contributed by atoms with Crippen LogP contribution in [0.25, 0.3) is 0 Å². The zero-order valence-electron chi connectivity index (χ0n) is 12.9. The molecular weight excluding hydrogens is 288 g/mol. The molecule has 0 fully saturated rings. The number of rotatable bonds is 5. The molecule has 2 amide bonds. The van der Waals surface area contributed by atoms with Crippen LogP contribution in [0.15, 0.2) is 30.3 Å². The normalized spacial score (nSPS) is 11.2. The summed E-state index contributed by atoms with van der Waals surface area (Å²) in [6.07, 6.45) is -1.66. The molecule has 0 unspecified atom stereocenters. The average molecular weight is 308 g/mol. The fourth-order valence-corrected chi connectivity index (χ4v) is 1.72. The number of hydrogen-bond donors (Lipinski definition) is 1. The smallest absolute Gasteiger partial charge is 0.429 e. The van der Waals surface area contributed by atoms with Crippen LogP contribution in [0.5, 0.6) is 0 Å². The maximum atomic E-state index is 12.4. The van der Waals surface area contributed by atoms with Crippen molar-refractivity contribution in [1.82, 2.24) is 10.4 Å². The van der Waals surface area contributed by atoms with Crippen molar-refractivity contribution in [1.29, 1.82) is 0 Å². The number of hydrogen-bond acceptors (Lipinski definition) is 5. The van der Waals surface area contributed by atoms with E-state index in [1.165, 1.54) is 6.92 Å². The molecule has 0 aliphatic rings. The van der Waals surface area contributed by atoms with Gasteiger partial charge >= 0.3 is 12.2 Å². The lowest BCUT2D eigenvalue weighted by atomic mass is 10.1. The lowest BCUT2D eigenvalue weighted by Gasteiger charge is -2.27. The Kier molecular flexibility index (Phi) is 6.88. The van der Waals surface area contributed by atoms with Gasteiger partial charge in [-0.1, -0.05) is 30.3 Å². The van der Waals surface area contributed by atoms with E-state index in [-0.39, 0.29) is 19.0 Å². The highest BCUT2D eigenvalue weighted by Crippen LogP contribution is 2.09. The van der Waals surface area contributed by atoms with E-state index in [1.54, 1.807) is 44.2 Å². The monoisotopic (exact) mass is 308 g/mol. The molecule has 120 valence electrons. The summed E-state index contributed by atoms with van der Waals surface area (Å²) in [5.74, 6) is -0.328. The predicted octanol–water partition coefficient (Wildman–Crippen LogP) is 2.38. The summed E-state index contributed by atoms with van der Waals surface area (Å²) in [5.41, 5.74) is 2.66. The van der Waals surface area contributed by atoms with Crippen LogP contribution in [0.3, 0.4) is 0 Å². The van der Waals surface area contributed by atoms with Gasteiger partial charge < -0.3 is 9.47 Å². The van der Waals surface area contributed by atoms with Gasteiger partial charge in [0.1, 0.15) is 6.04 Å². The predicted molar refractivity (Wildman–Crippen MR) is 79.3 cm³/mol. The molecule has 0 spiro atoms. The highest BCUT2D eigenvalue weighted by Gasteiger charge is 2.29. The number of ketones is 1. The van der Waals surface area contributed by atoms with Crippen molar-refractivity contribution in [2.45, 2.75) is 26.8 Å². The average Bonchev–Trinajstić information content (AvgIpc) is 2.52. The van der Waals surface area contributed by atoms with Gasteiger partial charge in [-0.15, -0.1) is 0 Å². The molecule has 22 heavy (non-hydrogen) atoms. The first kappa shape index (κ1) is 17.5. The van der Waals surface area contributed by atoms with Crippen LogP contribution >= 0.6 is 0 Å². The number of nitrogens with one attached hydrogen (secondary N) is 1. The van der Waals surface area contributed by atoms with Crippen LogP contribution in [0, 0.1) is 0 Å². The van der Waals surface area contributed by atoms with Crippen LogP contribution in [0.4, 0.5) is 9.59 Å². The first-order valence-corrected chi connectivity index (χ1v) is 6.99. The fraction of sp³-hybridized carbons (Fsp3) is 0.400. The second-order valence-electron chi connectivity index (χ2n) is 4.31. The van der Waals surface area contributed by atoms with Gasteiger partial charge in [-0.25, -0.2) is 20.0 Å². The molecular formula is C15H20N2O5. The molecule has 0 saturated heterocycles. The third kappa shape index (κ3) is 4.76. The Morgan fingerprint density at radius 1 is 1.09 bits per heavy atom. The summed E-state index contributed by atoms with van der Waals surface area (Å²) in [5, 5.41) is 0.830. The molecule has 1 rings (SSSR count). The number of ether oxygens (including phenoxy) is 2. The molecule has 0 saturated carbocycles. The lowest BCUT2D eigenvalue weighted by molar-refractivity contribution is 0.0515. The molecule has 7 heteroatoms. The number of Topliss-reactive ketones (excluding diaryl/α,β-unsaturated/α-hetero) is 1. The minimum Gasteiger partial charge on any atom is -0.449 e. The van der Waals surface area contributed by atoms with E-state index in [0.29, 0.717) is 5.56 Å². The summed E-state index contributed by atoms with van der Waals surface area (Å²) >= 11 is 0. The van der Waals surface area contributed by atoms with E-state index in [2.05, 4.69) is 5.43 Å². The third-order valence-corrected chi connectivity index (χ3v) is 2.78. The number of amides is 2. The summed E-state index contributed by atoms with van der Waals surface area (Å²) in [4.78, 5) is 35.9. The van der Waals surface area contributed by atoms with E-state index in [1.807, 2.05) is 0 Å². The molecule has 1 aromatic rings. The van der Waals surface area contributed by atoms with Crippen molar-refractivity contribution in [3.63, 3.8) is 0 Å². The van der Waals surface area contributed by atoms with Gasteiger partial charge in [0.25, 0.3) is 0 Å². The van der Waals surface area contributed by atoms with E-state index < -0.39 is 18.2 Å². The lowest BCUT2D eigenvalue weighted by Crippen LogP contribution is -2.54. The third-order valence-electron chi connectivity index (χ3n) is 2.78. The second-order valence-corrected chi connectivity index (χ2v) is 4.31. The summed E-state index contributed by atoms with van der Waals surface area (Å²) < 4.78 is 9.58. The fourth-order valence-electron chi connectivity index (χ4n) is 1.72. The maximum Gasteiger partial charge on any atom is 0.429 e. The van der Waals surface area contributed by atoms with Crippen molar-refractivity contribution in [2.24, 2.45) is 0 Å². The molecule has 7 nitrogen and oxygen atoms in total. The Labute approximate surface area is 129 Å². The highest BCUT2D eigenvalue weighted by atomic mass is 16.6. The quantitative estimate of drug-likeness (QED) is 0.667. The topological polar surface area (TPSA) is 84.9 Å². The van der Waals surface area contributed by atoms with Crippen LogP contribution in [0.2, 0.25) is 0 Å². The number of carbonyl (C=O) groups excluding carboxylic acids is 3. The zero-order valence-corrected chi connectivity index (χ0v) is 12.9. The van der Waals surface area contributed by atoms with Gasteiger partial charge in [-0.3, -0.25) is 4.79 Å². The second kappa shape index (κ2) is 8.66. The van der Waals surface area contributed by atoms with Gasteiger partial charge in [0.05, 0.1) is 13.2 Å². The standard InChI is InChI=1S/C15H20N2O5/c1-4-21-14(19)16-17(15(20)22-5-2)11(3)13(18)12-9-7-6-8-10-12/h6-11H,4-5H2,1-3H3,(H,16,19)/t11-/m1/s1. The van der Waals surface area contributed by atoms with Crippen molar-refractivity contribution >= 4 is 18.0 Å². The van der Waals surface area contributed by atoms with Crippen molar-refractivity contribution in [2.75, 3.05) is 13.2 Å². The number of hydrazine groups is 1. The van der Waals surface area contributed by atoms with Gasteiger partial charge in [0.2, 0.25) is 0 Å². The summed E-state index contributed by atoms with van der Waals surface area (Å²) in [6, 6.07) is 7.53. The van der Waals surface area contributed by atoms with E-state index >= 15 is 0 Å². The molecule has 0 heterocycles. The van der Waals surface area contributed by atoms with E-state index in [0.717, 1.165) is 5.01 Å². The first-order chi connectivity index (χ1) is 10.5. The van der Waals surface area contributed by atoms with Crippen LogP contribution < -0.4 is 5.43 Å². The highest BCUT2D eigenvalue weighted by molar-refractivity contribution is 6.01. The number of benzene rings is 1. The molecule has 1 atom stereocenters. The van der Waals surface area contributed by atoms with Crippen LogP contribution in [-0.4, -0.2) is 42.2 Å². The Balaban J connectivity index is 2.91. The Morgan fingerprint density at radius 3 is 2.23 bits per heavy atom. The van der Waals surface area contributed by atoms with Gasteiger partial charge in [-0.2, -0.15) is 0 Å². The summed E-state index contributed by atoms with van der Waals surface area (Å²) in [6.45, 7) is 5.02. The minimum atomic E-state index is -0.939. The molecule has 0 aliphatic carbocycles. The molecule has 0 aromatic heterocycles. The maximum absolute atomic E-state index is 12.4. The molecule has 1 N–H and O–H groups in total.